The van der Waals surface area contributed by atoms with E-state index in [0.717, 1.165) is 25.7 Å². The molecular formula is C12H26N4O4Zn. The average Bonchev–Trinajstić information content (AvgIpc) is 2.39. The van der Waals surface area contributed by atoms with Crippen molar-refractivity contribution in [3.63, 3.8) is 0 Å². The summed E-state index contributed by atoms with van der Waals surface area (Å²) in [5, 5.41) is 20.1. The predicted molar refractivity (Wildman–Crippen MR) is 71.8 cm³/mol. The summed E-state index contributed by atoms with van der Waals surface area (Å²) in [6.07, 6.45) is 4.07. The second-order valence-electron chi connectivity index (χ2n) is 4.42. The van der Waals surface area contributed by atoms with Gasteiger partial charge in [-0.15, -0.1) is 0 Å². The van der Waals surface area contributed by atoms with Crippen molar-refractivity contribution in [1.29, 1.82) is 0 Å². The maximum absolute atomic E-state index is 10.0. The van der Waals surface area contributed by atoms with Gasteiger partial charge in [0.2, 0.25) is 0 Å². The van der Waals surface area contributed by atoms with Gasteiger partial charge >= 0.3 is 19.5 Å². The zero-order chi connectivity index (χ0) is 16.0. The Morgan fingerprint density at radius 1 is 0.762 bits per heavy atom. The van der Waals surface area contributed by atoms with Gasteiger partial charge < -0.3 is 42.7 Å². The van der Waals surface area contributed by atoms with E-state index in [1.807, 2.05) is 0 Å². The molecule has 0 aromatic heterocycles. The van der Waals surface area contributed by atoms with Crippen LogP contribution in [0.2, 0.25) is 0 Å². The van der Waals surface area contributed by atoms with Crippen LogP contribution in [0.4, 0.5) is 0 Å². The van der Waals surface area contributed by atoms with Gasteiger partial charge in [0.25, 0.3) is 0 Å². The van der Waals surface area contributed by atoms with Crippen LogP contribution < -0.4 is 33.1 Å². The van der Waals surface area contributed by atoms with Gasteiger partial charge in [0.05, 0.1) is 11.9 Å². The van der Waals surface area contributed by atoms with E-state index >= 15 is 0 Å². The minimum Gasteiger partial charge on any atom is -0.548 e. The number of nitrogens with two attached hydrogens (primary N) is 4. The normalized spacial score (nSPS) is 12.4. The van der Waals surface area contributed by atoms with Gasteiger partial charge in [-0.25, -0.2) is 0 Å². The number of carboxylic acid groups (broad SMARTS) is 2. The molecule has 9 heteroatoms. The number of rotatable bonds is 10. The number of hydrogen-bond acceptors (Lipinski definition) is 8. The summed E-state index contributed by atoms with van der Waals surface area (Å²) in [5.41, 5.74) is 20.7. The number of aliphatic carboxylic acids is 2. The molecule has 0 rings (SSSR count). The van der Waals surface area contributed by atoms with Crippen molar-refractivity contribution in [2.24, 2.45) is 22.9 Å². The van der Waals surface area contributed by atoms with Crippen molar-refractivity contribution in [3.05, 3.63) is 0 Å². The Morgan fingerprint density at radius 3 is 1.24 bits per heavy atom. The topological polar surface area (TPSA) is 184 Å². The minimum absolute atomic E-state index is 0. The third-order valence-corrected chi connectivity index (χ3v) is 2.54. The second kappa shape index (κ2) is 17.5. The summed E-state index contributed by atoms with van der Waals surface area (Å²) >= 11 is 0. The molecule has 0 bridgehead atoms. The molecule has 0 radical (unpaired) electrons. The molecule has 0 heterocycles. The zero-order valence-electron chi connectivity index (χ0n) is 12.5. The van der Waals surface area contributed by atoms with Crippen LogP contribution in [0.1, 0.15) is 38.5 Å². The molecule has 0 amide bonds. The van der Waals surface area contributed by atoms with Gasteiger partial charge in [-0.3, -0.25) is 0 Å². The SMILES string of the molecule is NCCCC[C@H](N)C(=O)[O-].NCCCC[C@H](N)C(=O)[O-].[Zn+2]. The van der Waals surface area contributed by atoms with E-state index in [9.17, 15) is 19.8 Å². The maximum atomic E-state index is 10.0. The number of carboxylic acids is 2. The number of carbonyl (C=O) groups is 2. The molecule has 2 atom stereocenters. The van der Waals surface area contributed by atoms with E-state index in [0.29, 0.717) is 25.9 Å². The Kier molecular flexibility index (Phi) is 21.1. The van der Waals surface area contributed by atoms with Crippen LogP contribution in [0.3, 0.4) is 0 Å². The first-order valence-corrected chi connectivity index (χ1v) is 6.69. The number of carbonyl (C=O) groups excluding carboxylic acids is 2. The Labute approximate surface area is 138 Å². The third-order valence-electron chi connectivity index (χ3n) is 2.54. The van der Waals surface area contributed by atoms with Crippen LogP contribution in [0.5, 0.6) is 0 Å². The Morgan fingerprint density at radius 2 is 1.05 bits per heavy atom. The van der Waals surface area contributed by atoms with Gasteiger partial charge in [-0.1, -0.05) is 12.8 Å². The van der Waals surface area contributed by atoms with Crippen LogP contribution in [-0.4, -0.2) is 37.1 Å². The molecule has 0 aromatic rings. The van der Waals surface area contributed by atoms with Crippen molar-refractivity contribution in [2.45, 2.75) is 50.6 Å². The predicted octanol–water partition coefficient (Wildman–Crippen LogP) is -3.62. The van der Waals surface area contributed by atoms with Crippen molar-refractivity contribution in [1.82, 2.24) is 0 Å². The second-order valence-corrected chi connectivity index (χ2v) is 4.42. The molecule has 21 heavy (non-hydrogen) atoms. The largest absolute Gasteiger partial charge is 2.00 e. The monoisotopic (exact) mass is 354 g/mol. The van der Waals surface area contributed by atoms with Crippen molar-refractivity contribution < 1.29 is 39.3 Å². The summed E-state index contributed by atoms with van der Waals surface area (Å²) in [4.78, 5) is 20.1. The van der Waals surface area contributed by atoms with Crippen molar-refractivity contribution in [3.8, 4) is 0 Å². The van der Waals surface area contributed by atoms with E-state index in [-0.39, 0.29) is 19.5 Å². The van der Waals surface area contributed by atoms with Gasteiger partial charge in [0, 0.05) is 12.1 Å². The fourth-order valence-corrected chi connectivity index (χ4v) is 1.25. The Balaban J connectivity index is -0.000000295. The molecule has 0 saturated carbocycles. The Hall–Kier alpha value is -0.597. The molecule has 0 unspecified atom stereocenters. The van der Waals surface area contributed by atoms with Crippen molar-refractivity contribution in [2.75, 3.05) is 13.1 Å². The molecule has 0 aliphatic heterocycles. The molecular weight excluding hydrogens is 330 g/mol. The third kappa shape index (κ3) is 19.4. The quantitative estimate of drug-likeness (QED) is 0.228. The van der Waals surface area contributed by atoms with Crippen LogP contribution in [0.25, 0.3) is 0 Å². The molecule has 8 nitrogen and oxygen atoms in total. The zero-order valence-corrected chi connectivity index (χ0v) is 15.4. The molecule has 8 N–H and O–H groups in total. The molecule has 0 aliphatic rings. The minimum atomic E-state index is -1.18. The average molecular weight is 356 g/mol. The smallest absolute Gasteiger partial charge is 0.548 e. The van der Waals surface area contributed by atoms with Gasteiger partial charge in [-0.05, 0) is 38.8 Å². The number of hydrogen-bond donors (Lipinski definition) is 4. The van der Waals surface area contributed by atoms with Crippen molar-refractivity contribution >= 4 is 11.9 Å². The van der Waals surface area contributed by atoms with Crippen LogP contribution >= 0.6 is 0 Å². The molecule has 0 aromatic carbocycles. The first kappa shape index (κ1) is 25.4. The Bertz CT molecular complexity index is 244. The molecule has 0 spiro atoms. The van der Waals surface area contributed by atoms with Crippen LogP contribution in [-0.2, 0) is 29.1 Å². The standard InChI is InChI=1S/2C6H14N2O2.Zn/c2*7-4-2-1-3-5(8)6(9)10;/h2*5H,1-4,7-8H2,(H,9,10);/q;;+2/p-2/t2*5-;/m00./s1. The van der Waals surface area contributed by atoms with E-state index in [4.69, 9.17) is 22.9 Å². The van der Waals surface area contributed by atoms with Gasteiger partial charge in [0.1, 0.15) is 0 Å². The fourth-order valence-electron chi connectivity index (χ4n) is 1.25. The summed E-state index contributed by atoms with van der Waals surface area (Å²) in [7, 11) is 0. The molecule has 0 fully saturated rings. The summed E-state index contributed by atoms with van der Waals surface area (Å²) in [6.45, 7) is 1.17. The summed E-state index contributed by atoms with van der Waals surface area (Å²) < 4.78 is 0. The number of unbranched alkanes of at least 4 members (excludes halogenated alkanes) is 2. The molecule has 0 saturated heterocycles. The van der Waals surface area contributed by atoms with Crippen LogP contribution in [0.15, 0.2) is 0 Å². The first-order valence-electron chi connectivity index (χ1n) is 6.69. The maximum Gasteiger partial charge on any atom is 2.00 e. The van der Waals surface area contributed by atoms with Gasteiger partial charge in [0.15, 0.2) is 0 Å². The summed E-state index contributed by atoms with van der Waals surface area (Å²) in [6, 6.07) is -1.65. The molecule has 120 valence electrons. The van der Waals surface area contributed by atoms with Crippen LogP contribution in [0, 0.1) is 0 Å². The van der Waals surface area contributed by atoms with E-state index in [1.165, 1.54) is 0 Å². The van der Waals surface area contributed by atoms with E-state index < -0.39 is 24.0 Å². The van der Waals surface area contributed by atoms with E-state index in [1.54, 1.807) is 0 Å². The first-order chi connectivity index (χ1) is 9.36. The van der Waals surface area contributed by atoms with Gasteiger partial charge in [-0.2, -0.15) is 0 Å². The fraction of sp³-hybridized carbons (Fsp3) is 0.833. The molecule has 0 aliphatic carbocycles. The summed E-state index contributed by atoms with van der Waals surface area (Å²) in [5.74, 6) is -2.37. The van der Waals surface area contributed by atoms with E-state index in [2.05, 4.69) is 0 Å².